The van der Waals surface area contributed by atoms with E-state index in [-0.39, 0.29) is 6.61 Å². The van der Waals surface area contributed by atoms with Gasteiger partial charge in [0.2, 0.25) is 0 Å². The number of rotatable bonds is 8. The van der Waals surface area contributed by atoms with E-state index in [4.69, 9.17) is 23.7 Å². The Balaban J connectivity index is 2.10. The van der Waals surface area contributed by atoms with Gasteiger partial charge in [-0.25, -0.2) is 0 Å². The highest BCUT2D eigenvalue weighted by Crippen LogP contribution is 2.37. The summed E-state index contributed by atoms with van der Waals surface area (Å²) in [5.41, 5.74) is 0.242. The van der Waals surface area contributed by atoms with E-state index in [1.54, 1.807) is 0 Å². The van der Waals surface area contributed by atoms with Gasteiger partial charge in [0.15, 0.2) is 18.3 Å². The molecule has 1 aliphatic rings. The summed E-state index contributed by atoms with van der Waals surface area (Å²) < 4.78 is 29.2. The second kappa shape index (κ2) is 11.6. The van der Waals surface area contributed by atoms with Crippen LogP contribution in [0.15, 0.2) is 36.4 Å². The molecule has 0 radical (unpaired) electrons. The van der Waals surface area contributed by atoms with Crippen LogP contribution in [0.5, 0.6) is 5.75 Å². The topological polar surface area (TPSA) is 97.4 Å². The molecule has 8 nitrogen and oxygen atoms in total. The first-order valence-corrected chi connectivity index (χ1v) is 12.2. The van der Waals surface area contributed by atoms with Gasteiger partial charge in [-0.15, -0.1) is 11.8 Å². The molecule has 0 amide bonds. The van der Waals surface area contributed by atoms with Crippen LogP contribution in [0, 0.1) is 6.92 Å². The number of esters is 3. The molecule has 9 heteroatoms. The quantitative estimate of drug-likeness (QED) is 0.404. The Morgan fingerprint density at radius 1 is 0.912 bits per heavy atom. The SMILES string of the molecule is CCS[C@@H]1O[C@H](COC(C)=O)[C@@H](OC(C)=O)[C@H](Oc2c(C)ccc3ccccc23)[C@H]1OC(C)=O. The monoisotopic (exact) mass is 490 g/mol. The van der Waals surface area contributed by atoms with Crippen LogP contribution in [0.1, 0.15) is 33.3 Å². The predicted molar refractivity (Wildman–Crippen MR) is 128 cm³/mol. The fraction of sp³-hybridized carbons (Fsp3) is 0.480. The molecule has 184 valence electrons. The zero-order valence-electron chi connectivity index (χ0n) is 19.9. The number of carbonyl (C=O) groups excluding carboxylic acids is 3. The fourth-order valence-electron chi connectivity index (χ4n) is 3.94. The molecule has 1 fully saturated rings. The Hall–Kier alpha value is -2.78. The van der Waals surface area contributed by atoms with Crippen molar-refractivity contribution in [3.05, 3.63) is 42.0 Å². The third-order valence-electron chi connectivity index (χ3n) is 5.31. The maximum absolute atomic E-state index is 12.1. The van der Waals surface area contributed by atoms with Gasteiger partial charge in [-0.05, 0) is 23.6 Å². The Bertz CT molecular complexity index is 1040. The summed E-state index contributed by atoms with van der Waals surface area (Å²) >= 11 is 1.42. The second-order valence-corrected chi connectivity index (χ2v) is 9.34. The molecular weight excluding hydrogens is 460 g/mol. The minimum Gasteiger partial charge on any atom is -0.481 e. The van der Waals surface area contributed by atoms with Crippen molar-refractivity contribution in [1.29, 1.82) is 0 Å². The third kappa shape index (κ3) is 6.21. The normalized spacial score (nSPS) is 24.3. The standard InChI is InChI=1S/C25H30O8S/c1-6-34-25-24(31-17(5)28)23(22(30-16(4)27)20(32-25)13-29-15(3)26)33-21-14(2)11-12-18-9-7-8-10-19(18)21/h7-12,20,22-25H,6,13H2,1-5H3/t20-,22-,23+,24-,25+/m1/s1. The third-order valence-corrected chi connectivity index (χ3v) is 6.35. The maximum Gasteiger partial charge on any atom is 0.303 e. The first kappa shape index (κ1) is 25.8. The minimum absolute atomic E-state index is 0.144. The first-order valence-electron chi connectivity index (χ1n) is 11.1. The molecule has 0 aliphatic carbocycles. The number of carbonyl (C=O) groups is 3. The van der Waals surface area contributed by atoms with Crippen LogP contribution in [0.3, 0.4) is 0 Å². The number of hydrogen-bond donors (Lipinski definition) is 0. The summed E-state index contributed by atoms with van der Waals surface area (Å²) in [4.78, 5) is 35.6. The van der Waals surface area contributed by atoms with Crippen molar-refractivity contribution in [2.45, 2.75) is 64.5 Å². The molecule has 2 aromatic rings. The molecule has 1 saturated heterocycles. The van der Waals surface area contributed by atoms with Crippen molar-refractivity contribution in [2.24, 2.45) is 0 Å². The van der Waals surface area contributed by atoms with Gasteiger partial charge in [-0.1, -0.05) is 43.3 Å². The number of ether oxygens (including phenoxy) is 5. The van der Waals surface area contributed by atoms with Gasteiger partial charge in [0.05, 0.1) is 0 Å². The van der Waals surface area contributed by atoms with Gasteiger partial charge >= 0.3 is 17.9 Å². The molecule has 0 saturated carbocycles. The smallest absolute Gasteiger partial charge is 0.303 e. The van der Waals surface area contributed by atoms with Crippen LogP contribution in [-0.4, -0.2) is 60.1 Å². The largest absolute Gasteiger partial charge is 0.481 e. The first-order chi connectivity index (χ1) is 16.2. The Labute approximate surface area is 203 Å². The molecule has 0 bridgehead atoms. The zero-order valence-corrected chi connectivity index (χ0v) is 20.8. The minimum atomic E-state index is -0.992. The molecule has 0 N–H and O–H groups in total. The van der Waals surface area contributed by atoms with E-state index < -0.39 is 47.8 Å². The number of hydrogen-bond acceptors (Lipinski definition) is 9. The highest BCUT2D eigenvalue weighted by atomic mass is 32.2. The van der Waals surface area contributed by atoms with Crippen LogP contribution in [0.25, 0.3) is 10.8 Å². The molecule has 2 aromatic carbocycles. The van der Waals surface area contributed by atoms with Crippen molar-refractivity contribution in [3.8, 4) is 5.75 Å². The molecule has 0 spiro atoms. The highest BCUT2D eigenvalue weighted by molar-refractivity contribution is 7.99. The summed E-state index contributed by atoms with van der Waals surface area (Å²) in [7, 11) is 0. The van der Waals surface area contributed by atoms with E-state index in [9.17, 15) is 14.4 Å². The zero-order chi connectivity index (χ0) is 24.8. The van der Waals surface area contributed by atoms with Crippen molar-refractivity contribution < 1.29 is 38.1 Å². The highest BCUT2D eigenvalue weighted by Gasteiger charge is 2.52. The van der Waals surface area contributed by atoms with Crippen molar-refractivity contribution in [2.75, 3.05) is 12.4 Å². The lowest BCUT2D eigenvalue weighted by atomic mass is 9.98. The lowest BCUT2D eigenvalue weighted by Gasteiger charge is -2.44. The molecule has 3 rings (SSSR count). The van der Waals surface area contributed by atoms with Gasteiger partial charge in [0, 0.05) is 26.2 Å². The van der Waals surface area contributed by atoms with Gasteiger partial charge in [0.25, 0.3) is 0 Å². The molecule has 5 atom stereocenters. The van der Waals surface area contributed by atoms with Crippen molar-refractivity contribution in [3.63, 3.8) is 0 Å². The van der Waals surface area contributed by atoms with E-state index in [0.717, 1.165) is 16.3 Å². The van der Waals surface area contributed by atoms with Crippen LogP contribution < -0.4 is 4.74 Å². The summed E-state index contributed by atoms with van der Waals surface area (Å²) in [6.07, 6.45) is -3.59. The van der Waals surface area contributed by atoms with Gasteiger partial charge < -0.3 is 23.7 Å². The van der Waals surface area contributed by atoms with E-state index in [1.165, 1.54) is 32.5 Å². The van der Waals surface area contributed by atoms with Crippen molar-refractivity contribution >= 4 is 40.4 Å². The molecule has 34 heavy (non-hydrogen) atoms. The lowest BCUT2D eigenvalue weighted by Crippen LogP contribution is -2.62. The second-order valence-electron chi connectivity index (χ2n) is 7.96. The van der Waals surface area contributed by atoms with Crippen molar-refractivity contribution in [1.82, 2.24) is 0 Å². The summed E-state index contributed by atoms with van der Waals surface area (Å²) in [5, 5.41) is 1.84. The summed E-state index contributed by atoms with van der Waals surface area (Å²) in [6, 6.07) is 11.7. The fourth-order valence-corrected chi connectivity index (χ4v) is 4.89. The van der Waals surface area contributed by atoms with Gasteiger partial charge in [-0.3, -0.25) is 14.4 Å². The number of benzene rings is 2. The van der Waals surface area contributed by atoms with Crippen LogP contribution >= 0.6 is 11.8 Å². The number of thioether (sulfide) groups is 1. The van der Waals surface area contributed by atoms with E-state index in [1.807, 2.05) is 50.2 Å². The molecular formula is C25H30O8S. The Morgan fingerprint density at radius 2 is 1.59 bits per heavy atom. The molecule has 1 heterocycles. The van der Waals surface area contributed by atoms with E-state index in [0.29, 0.717) is 11.5 Å². The lowest BCUT2D eigenvalue weighted by molar-refractivity contribution is -0.224. The number of aryl methyl sites for hydroxylation is 1. The molecule has 0 aromatic heterocycles. The van der Waals surface area contributed by atoms with Crippen LogP contribution in [-0.2, 0) is 33.3 Å². The van der Waals surface area contributed by atoms with Gasteiger partial charge in [0.1, 0.15) is 23.9 Å². The average molecular weight is 491 g/mol. The predicted octanol–water partition coefficient (Wildman–Crippen LogP) is 3.80. The Morgan fingerprint density at radius 3 is 2.24 bits per heavy atom. The number of fused-ring (bicyclic) bond motifs is 1. The average Bonchev–Trinajstić information content (AvgIpc) is 2.77. The Kier molecular flexibility index (Phi) is 8.79. The van der Waals surface area contributed by atoms with E-state index in [2.05, 4.69) is 0 Å². The summed E-state index contributed by atoms with van der Waals surface area (Å²) in [5.74, 6) is -0.312. The maximum atomic E-state index is 12.1. The van der Waals surface area contributed by atoms with Gasteiger partial charge in [-0.2, -0.15) is 0 Å². The summed E-state index contributed by atoms with van der Waals surface area (Å²) in [6.45, 7) is 7.59. The van der Waals surface area contributed by atoms with Crippen LogP contribution in [0.4, 0.5) is 0 Å². The van der Waals surface area contributed by atoms with E-state index >= 15 is 0 Å². The molecule has 0 unspecified atom stereocenters. The van der Waals surface area contributed by atoms with Crippen LogP contribution in [0.2, 0.25) is 0 Å². The molecule has 1 aliphatic heterocycles.